The number of benzene rings is 1. The zero-order valence-electron chi connectivity index (χ0n) is 14.1. The number of rotatable bonds is 8. The van der Waals surface area contributed by atoms with Crippen molar-refractivity contribution in [2.45, 2.75) is 26.7 Å². The van der Waals surface area contributed by atoms with E-state index in [-0.39, 0.29) is 5.91 Å². The fourth-order valence-electron chi connectivity index (χ4n) is 2.17. The van der Waals surface area contributed by atoms with Crippen LogP contribution in [0, 0.1) is 5.92 Å². The summed E-state index contributed by atoms with van der Waals surface area (Å²) in [6, 6.07) is 9.29. The summed E-state index contributed by atoms with van der Waals surface area (Å²) >= 11 is 5.95. The Bertz CT molecular complexity index is 676. The molecule has 2 N–H and O–H groups in total. The van der Waals surface area contributed by atoms with Crippen LogP contribution in [0.1, 0.15) is 36.3 Å². The van der Waals surface area contributed by atoms with Crippen LogP contribution in [0.25, 0.3) is 0 Å². The molecule has 0 saturated carbocycles. The number of carbonyl (C=O) groups is 1. The smallest absolute Gasteiger partial charge is 0.270 e. The number of hydrogen-bond donors (Lipinski definition) is 2. The fourth-order valence-corrected chi connectivity index (χ4v) is 2.38. The molecule has 1 aromatic heterocycles. The molecule has 0 aliphatic heterocycles. The van der Waals surface area contributed by atoms with E-state index in [0.29, 0.717) is 29.0 Å². The van der Waals surface area contributed by atoms with Gasteiger partial charge in [-0.3, -0.25) is 4.79 Å². The molecule has 0 fully saturated rings. The minimum atomic E-state index is -0.202. The van der Waals surface area contributed by atoms with Crippen LogP contribution in [0.5, 0.6) is 0 Å². The van der Waals surface area contributed by atoms with E-state index in [2.05, 4.69) is 34.4 Å². The van der Waals surface area contributed by atoms with Crippen molar-refractivity contribution in [2.24, 2.45) is 5.92 Å². The molecule has 0 aliphatic rings. The summed E-state index contributed by atoms with van der Waals surface area (Å²) in [6.07, 6.45) is 3.17. The lowest BCUT2D eigenvalue weighted by Crippen LogP contribution is -2.26. The van der Waals surface area contributed by atoms with Crippen LogP contribution in [0.3, 0.4) is 0 Å². The van der Waals surface area contributed by atoms with Crippen LogP contribution in [0.15, 0.2) is 36.7 Å². The van der Waals surface area contributed by atoms with E-state index in [9.17, 15) is 4.79 Å². The Morgan fingerprint density at radius 3 is 2.79 bits per heavy atom. The van der Waals surface area contributed by atoms with E-state index in [4.69, 9.17) is 11.6 Å². The van der Waals surface area contributed by atoms with Gasteiger partial charge in [-0.25, -0.2) is 9.97 Å². The lowest BCUT2D eigenvalue weighted by atomic mass is 10.1. The summed E-state index contributed by atoms with van der Waals surface area (Å²) in [5.74, 6) is 1.09. The monoisotopic (exact) mass is 346 g/mol. The minimum Gasteiger partial charge on any atom is -0.370 e. The van der Waals surface area contributed by atoms with Crippen molar-refractivity contribution in [1.29, 1.82) is 0 Å². The van der Waals surface area contributed by atoms with Gasteiger partial charge in [0.05, 0.1) is 0 Å². The van der Waals surface area contributed by atoms with E-state index in [1.165, 1.54) is 6.33 Å². The van der Waals surface area contributed by atoms with Crippen molar-refractivity contribution in [3.8, 4) is 0 Å². The zero-order valence-corrected chi connectivity index (χ0v) is 14.8. The second kappa shape index (κ2) is 9.23. The van der Waals surface area contributed by atoms with Crippen LogP contribution in [0.2, 0.25) is 5.02 Å². The average molecular weight is 347 g/mol. The molecular formula is C18H23ClN4O. The highest BCUT2D eigenvalue weighted by atomic mass is 35.5. The maximum Gasteiger partial charge on any atom is 0.270 e. The van der Waals surface area contributed by atoms with Crippen molar-refractivity contribution in [3.05, 3.63) is 52.9 Å². The van der Waals surface area contributed by atoms with Gasteiger partial charge in [-0.15, -0.1) is 0 Å². The van der Waals surface area contributed by atoms with E-state index in [1.54, 1.807) is 6.07 Å². The van der Waals surface area contributed by atoms with Gasteiger partial charge in [0.2, 0.25) is 0 Å². The van der Waals surface area contributed by atoms with Crippen molar-refractivity contribution < 1.29 is 4.79 Å². The van der Waals surface area contributed by atoms with Gasteiger partial charge in [-0.05, 0) is 36.5 Å². The lowest BCUT2D eigenvalue weighted by Gasteiger charge is -2.09. The molecule has 0 atom stereocenters. The summed E-state index contributed by atoms with van der Waals surface area (Å²) in [4.78, 5) is 20.4. The molecule has 0 spiro atoms. The Hall–Kier alpha value is -2.14. The van der Waals surface area contributed by atoms with Crippen LogP contribution >= 0.6 is 11.6 Å². The Morgan fingerprint density at radius 1 is 1.21 bits per heavy atom. The summed E-state index contributed by atoms with van der Waals surface area (Å²) in [6.45, 7) is 5.69. The number of hydrogen-bond acceptors (Lipinski definition) is 4. The van der Waals surface area contributed by atoms with Crippen LogP contribution < -0.4 is 10.6 Å². The third-order valence-corrected chi connectivity index (χ3v) is 3.75. The molecule has 1 aromatic carbocycles. The van der Waals surface area contributed by atoms with Gasteiger partial charge in [-0.1, -0.05) is 37.6 Å². The molecule has 2 rings (SSSR count). The number of nitrogens with one attached hydrogen (secondary N) is 2. The number of halogens is 1. The third-order valence-electron chi connectivity index (χ3n) is 3.52. The normalized spacial score (nSPS) is 10.7. The first-order chi connectivity index (χ1) is 11.5. The molecule has 5 nitrogen and oxygen atoms in total. The maximum atomic E-state index is 12.2. The van der Waals surface area contributed by atoms with Crippen molar-refractivity contribution in [2.75, 3.05) is 18.4 Å². The molecule has 0 bridgehead atoms. The second-order valence-electron chi connectivity index (χ2n) is 6.03. The average Bonchev–Trinajstić information content (AvgIpc) is 2.55. The van der Waals surface area contributed by atoms with Gasteiger partial charge >= 0.3 is 0 Å². The van der Waals surface area contributed by atoms with Gasteiger partial charge in [0.1, 0.15) is 17.8 Å². The number of nitrogens with zero attached hydrogens (tertiary/aromatic N) is 2. The molecule has 0 saturated heterocycles. The Labute approximate surface area is 147 Å². The predicted octanol–water partition coefficient (Wildman–Crippen LogP) is 3.56. The first-order valence-electron chi connectivity index (χ1n) is 8.13. The molecule has 128 valence electrons. The van der Waals surface area contributed by atoms with Gasteiger partial charge in [0, 0.05) is 24.2 Å². The Balaban J connectivity index is 1.83. The number of anilines is 1. The van der Waals surface area contributed by atoms with Gasteiger partial charge in [-0.2, -0.15) is 0 Å². The Morgan fingerprint density at radius 2 is 2.04 bits per heavy atom. The Kier molecular flexibility index (Phi) is 7.00. The first-order valence-corrected chi connectivity index (χ1v) is 8.51. The molecule has 6 heteroatoms. The number of carbonyl (C=O) groups excluding carboxylic acids is 1. The summed E-state index contributed by atoms with van der Waals surface area (Å²) < 4.78 is 0. The fraction of sp³-hybridized carbons (Fsp3) is 0.389. The molecule has 1 amide bonds. The molecule has 0 unspecified atom stereocenters. The van der Waals surface area contributed by atoms with E-state index in [1.807, 2.05) is 24.3 Å². The molecule has 24 heavy (non-hydrogen) atoms. The van der Waals surface area contributed by atoms with Crippen molar-refractivity contribution >= 4 is 23.3 Å². The molecular weight excluding hydrogens is 324 g/mol. The van der Waals surface area contributed by atoms with Crippen LogP contribution in [-0.4, -0.2) is 29.0 Å². The van der Waals surface area contributed by atoms with E-state index in [0.717, 1.165) is 24.9 Å². The molecule has 1 heterocycles. The van der Waals surface area contributed by atoms with Crippen molar-refractivity contribution in [1.82, 2.24) is 15.3 Å². The molecule has 2 aromatic rings. The van der Waals surface area contributed by atoms with Gasteiger partial charge < -0.3 is 10.6 Å². The van der Waals surface area contributed by atoms with Gasteiger partial charge in [0.25, 0.3) is 5.91 Å². The maximum absolute atomic E-state index is 12.2. The predicted molar refractivity (Wildman–Crippen MR) is 97.5 cm³/mol. The van der Waals surface area contributed by atoms with Crippen LogP contribution in [0.4, 0.5) is 5.82 Å². The quantitative estimate of drug-likeness (QED) is 0.767. The first kappa shape index (κ1) is 18.2. The topological polar surface area (TPSA) is 66.9 Å². The zero-order chi connectivity index (χ0) is 17.4. The summed E-state index contributed by atoms with van der Waals surface area (Å²) in [5.41, 5.74) is 1.45. The summed E-state index contributed by atoms with van der Waals surface area (Å²) in [7, 11) is 0. The SMILES string of the molecule is CC(C)CCNc1cc(C(=O)NCCc2cccc(Cl)c2)ncn1. The molecule has 0 aliphatic carbocycles. The number of amides is 1. The summed E-state index contributed by atoms with van der Waals surface area (Å²) in [5, 5.41) is 6.78. The van der Waals surface area contributed by atoms with E-state index >= 15 is 0 Å². The van der Waals surface area contributed by atoms with Gasteiger partial charge in [0.15, 0.2) is 0 Å². The third kappa shape index (κ3) is 6.16. The van der Waals surface area contributed by atoms with E-state index < -0.39 is 0 Å². The standard InChI is InChI=1S/C18H23ClN4O/c1-13(2)6-8-20-17-11-16(22-12-23-17)18(24)21-9-7-14-4-3-5-15(19)10-14/h3-5,10-13H,6-9H2,1-2H3,(H,21,24)(H,20,22,23). The van der Waals surface area contributed by atoms with Crippen molar-refractivity contribution in [3.63, 3.8) is 0 Å². The largest absolute Gasteiger partial charge is 0.370 e. The molecule has 0 radical (unpaired) electrons. The highest BCUT2D eigenvalue weighted by molar-refractivity contribution is 6.30. The minimum absolute atomic E-state index is 0.202. The second-order valence-corrected chi connectivity index (χ2v) is 6.47. The lowest BCUT2D eigenvalue weighted by molar-refractivity contribution is 0.0949. The highest BCUT2D eigenvalue weighted by Crippen LogP contribution is 2.11. The van der Waals surface area contributed by atoms with Crippen LogP contribution in [-0.2, 0) is 6.42 Å². The highest BCUT2D eigenvalue weighted by Gasteiger charge is 2.08. The number of aromatic nitrogens is 2.